The van der Waals surface area contributed by atoms with Gasteiger partial charge in [0.15, 0.2) is 0 Å². The number of hydrogen-bond acceptors (Lipinski definition) is 4. The second-order valence-corrected chi connectivity index (χ2v) is 9.36. The SMILES string of the molecule is Cc1ccc(CN(C(=O)NCc2ccccc2)C2CCN(Cc3ccccc3)CC2)cc1.O=C(O)C(=O)O. The van der Waals surface area contributed by atoms with Crippen molar-refractivity contribution in [2.75, 3.05) is 13.1 Å². The highest BCUT2D eigenvalue weighted by atomic mass is 16.4. The van der Waals surface area contributed by atoms with Crippen LogP contribution in [0, 0.1) is 6.92 Å². The van der Waals surface area contributed by atoms with Gasteiger partial charge >= 0.3 is 18.0 Å². The van der Waals surface area contributed by atoms with E-state index in [1.54, 1.807) is 0 Å². The van der Waals surface area contributed by atoms with Gasteiger partial charge in [-0.3, -0.25) is 4.90 Å². The number of carbonyl (C=O) groups excluding carboxylic acids is 1. The molecule has 4 rings (SSSR count). The second-order valence-electron chi connectivity index (χ2n) is 9.36. The van der Waals surface area contributed by atoms with Crippen LogP contribution >= 0.6 is 0 Å². The molecule has 8 nitrogen and oxygen atoms in total. The van der Waals surface area contributed by atoms with E-state index in [2.05, 4.69) is 71.7 Å². The molecular weight excluding hydrogens is 482 g/mol. The molecule has 0 saturated carbocycles. The van der Waals surface area contributed by atoms with Crippen molar-refractivity contribution in [3.8, 4) is 0 Å². The molecule has 1 fully saturated rings. The highest BCUT2D eigenvalue weighted by molar-refractivity contribution is 6.27. The van der Waals surface area contributed by atoms with E-state index in [9.17, 15) is 4.79 Å². The maximum absolute atomic E-state index is 13.3. The fourth-order valence-electron chi connectivity index (χ4n) is 4.36. The molecule has 3 aromatic rings. The summed E-state index contributed by atoms with van der Waals surface area (Å²) in [6.45, 7) is 6.29. The first-order chi connectivity index (χ1) is 18.3. The molecule has 0 spiro atoms. The number of piperidine rings is 1. The largest absolute Gasteiger partial charge is 0.473 e. The van der Waals surface area contributed by atoms with Gasteiger partial charge in [0.2, 0.25) is 0 Å². The van der Waals surface area contributed by atoms with Gasteiger partial charge in [0, 0.05) is 38.8 Å². The van der Waals surface area contributed by atoms with E-state index in [0.29, 0.717) is 13.1 Å². The Morgan fingerprint density at radius 3 is 1.84 bits per heavy atom. The molecule has 0 bridgehead atoms. The van der Waals surface area contributed by atoms with Crippen molar-refractivity contribution in [3.63, 3.8) is 0 Å². The number of urea groups is 1. The Hall–Kier alpha value is -4.17. The summed E-state index contributed by atoms with van der Waals surface area (Å²) in [4.78, 5) is 36.0. The van der Waals surface area contributed by atoms with Crippen LogP contribution in [0.4, 0.5) is 4.79 Å². The first-order valence-corrected chi connectivity index (χ1v) is 12.7. The Morgan fingerprint density at radius 2 is 1.32 bits per heavy atom. The molecule has 2 amide bonds. The van der Waals surface area contributed by atoms with E-state index in [4.69, 9.17) is 19.8 Å². The molecule has 8 heteroatoms. The van der Waals surface area contributed by atoms with Gasteiger partial charge in [0.05, 0.1) is 0 Å². The van der Waals surface area contributed by atoms with Gasteiger partial charge < -0.3 is 20.4 Å². The number of carbonyl (C=O) groups is 3. The number of amides is 2. The molecule has 0 aromatic heterocycles. The summed E-state index contributed by atoms with van der Waals surface area (Å²) in [6, 6.07) is 29.5. The number of carboxylic acid groups (broad SMARTS) is 2. The summed E-state index contributed by atoms with van der Waals surface area (Å²) in [7, 11) is 0. The molecule has 200 valence electrons. The number of rotatable bonds is 7. The van der Waals surface area contributed by atoms with Gasteiger partial charge in [-0.1, -0.05) is 90.5 Å². The molecule has 3 aromatic carbocycles. The third-order valence-corrected chi connectivity index (χ3v) is 6.45. The predicted octanol–water partition coefficient (Wildman–Crippen LogP) is 4.53. The topological polar surface area (TPSA) is 110 Å². The second kappa shape index (κ2) is 14.5. The van der Waals surface area contributed by atoms with Crippen LogP contribution in [0.2, 0.25) is 0 Å². The van der Waals surface area contributed by atoms with Gasteiger partial charge in [-0.25, -0.2) is 14.4 Å². The van der Waals surface area contributed by atoms with Crippen LogP contribution in [0.25, 0.3) is 0 Å². The normalized spacial score (nSPS) is 13.6. The number of hydrogen-bond donors (Lipinski definition) is 3. The van der Waals surface area contributed by atoms with Crippen LogP contribution in [0.15, 0.2) is 84.9 Å². The van der Waals surface area contributed by atoms with Crippen LogP contribution in [0.1, 0.15) is 35.1 Å². The molecule has 0 radical (unpaired) electrons. The molecule has 1 aliphatic rings. The van der Waals surface area contributed by atoms with Crippen molar-refractivity contribution in [1.29, 1.82) is 0 Å². The average molecular weight is 518 g/mol. The Balaban J connectivity index is 0.000000599. The van der Waals surface area contributed by atoms with E-state index in [1.165, 1.54) is 16.7 Å². The number of carboxylic acids is 2. The monoisotopic (exact) mass is 517 g/mol. The lowest BCUT2D eigenvalue weighted by atomic mass is 10.0. The number of nitrogens with one attached hydrogen (secondary N) is 1. The number of aryl methyl sites for hydroxylation is 1. The first-order valence-electron chi connectivity index (χ1n) is 12.7. The Labute approximate surface area is 223 Å². The van der Waals surface area contributed by atoms with Gasteiger partial charge in [-0.15, -0.1) is 0 Å². The summed E-state index contributed by atoms with van der Waals surface area (Å²) in [5.74, 6) is -3.65. The molecule has 0 unspecified atom stereocenters. The molecule has 1 heterocycles. The van der Waals surface area contributed by atoms with Crippen molar-refractivity contribution in [3.05, 3.63) is 107 Å². The van der Waals surface area contributed by atoms with Crippen molar-refractivity contribution < 1.29 is 24.6 Å². The van der Waals surface area contributed by atoms with Crippen molar-refractivity contribution >= 4 is 18.0 Å². The molecular formula is C30H35N3O5. The summed E-state index contributed by atoms with van der Waals surface area (Å²) in [5, 5.41) is 17.9. The van der Waals surface area contributed by atoms with Crippen LogP contribution in [0.3, 0.4) is 0 Å². The van der Waals surface area contributed by atoms with Crippen LogP contribution in [-0.2, 0) is 29.2 Å². The van der Waals surface area contributed by atoms with E-state index in [0.717, 1.165) is 38.0 Å². The maximum atomic E-state index is 13.3. The Kier molecular flexibility index (Phi) is 10.9. The third-order valence-electron chi connectivity index (χ3n) is 6.45. The molecule has 1 aliphatic heterocycles. The molecule has 38 heavy (non-hydrogen) atoms. The van der Waals surface area contributed by atoms with E-state index >= 15 is 0 Å². The van der Waals surface area contributed by atoms with E-state index < -0.39 is 11.9 Å². The number of benzene rings is 3. The number of nitrogens with zero attached hydrogens (tertiary/aromatic N) is 2. The zero-order valence-electron chi connectivity index (χ0n) is 21.6. The lowest BCUT2D eigenvalue weighted by molar-refractivity contribution is -0.159. The van der Waals surface area contributed by atoms with Crippen molar-refractivity contribution in [1.82, 2.24) is 15.1 Å². The highest BCUT2D eigenvalue weighted by Crippen LogP contribution is 2.21. The van der Waals surface area contributed by atoms with Crippen LogP contribution < -0.4 is 5.32 Å². The van der Waals surface area contributed by atoms with Gasteiger partial charge in [0.25, 0.3) is 0 Å². The summed E-state index contributed by atoms with van der Waals surface area (Å²) >= 11 is 0. The Bertz CT molecular complexity index is 1150. The summed E-state index contributed by atoms with van der Waals surface area (Å²) in [5.41, 5.74) is 4.89. The van der Waals surface area contributed by atoms with Crippen LogP contribution in [-0.4, -0.2) is 57.1 Å². The summed E-state index contributed by atoms with van der Waals surface area (Å²) < 4.78 is 0. The highest BCUT2D eigenvalue weighted by Gasteiger charge is 2.28. The third kappa shape index (κ3) is 9.37. The fraction of sp³-hybridized carbons (Fsp3) is 0.300. The van der Waals surface area contributed by atoms with Gasteiger partial charge in [-0.05, 0) is 36.5 Å². The molecule has 1 saturated heterocycles. The lowest BCUT2D eigenvalue weighted by Crippen LogP contribution is -2.50. The zero-order chi connectivity index (χ0) is 27.3. The summed E-state index contributed by atoms with van der Waals surface area (Å²) in [6.07, 6.45) is 1.99. The smallest absolute Gasteiger partial charge is 0.414 e. The average Bonchev–Trinajstić information content (AvgIpc) is 2.93. The van der Waals surface area contributed by atoms with E-state index in [1.807, 2.05) is 35.2 Å². The predicted molar refractivity (Wildman–Crippen MR) is 145 cm³/mol. The minimum atomic E-state index is -1.82. The quantitative estimate of drug-likeness (QED) is 0.397. The minimum Gasteiger partial charge on any atom is -0.473 e. The molecule has 0 atom stereocenters. The zero-order valence-corrected chi connectivity index (χ0v) is 21.6. The van der Waals surface area contributed by atoms with Gasteiger partial charge in [0.1, 0.15) is 0 Å². The van der Waals surface area contributed by atoms with Crippen LogP contribution in [0.5, 0.6) is 0 Å². The maximum Gasteiger partial charge on any atom is 0.414 e. The number of aliphatic carboxylic acids is 2. The van der Waals surface area contributed by atoms with Crippen molar-refractivity contribution in [2.24, 2.45) is 0 Å². The van der Waals surface area contributed by atoms with Gasteiger partial charge in [-0.2, -0.15) is 0 Å². The molecule has 0 aliphatic carbocycles. The fourth-order valence-corrected chi connectivity index (χ4v) is 4.36. The Morgan fingerprint density at radius 1 is 0.789 bits per heavy atom. The van der Waals surface area contributed by atoms with E-state index in [-0.39, 0.29) is 12.1 Å². The lowest BCUT2D eigenvalue weighted by Gasteiger charge is -2.38. The number of likely N-dealkylation sites (tertiary alicyclic amines) is 1. The van der Waals surface area contributed by atoms with Crippen molar-refractivity contribution in [2.45, 2.75) is 45.4 Å². The molecule has 3 N–H and O–H groups in total. The standard InChI is InChI=1S/C28H33N3O.C2H2O4/c1-23-12-14-26(15-13-23)22-31(28(32)29-20-24-8-4-2-5-9-24)27-16-18-30(19-17-27)21-25-10-6-3-7-11-25;3-1(4)2(5)6/h2-15,27H,16-22H2,1H3,(H,29,32);(H,3,4)(H,5,6). The first kappa shape index (κ1) is 28.4. The minimum absolute atomic E-state index is 0.0240.